The first-order valence-electron chi connectivity index (χ1n) is 9.63. The topological polar surface area (TPSA) is 80.6 Å². The molecule has 0 bridgehead atoms. The van der Waals surface area contributed by atoms with Gasteiger partial charge in [0.1, 0.15) is 0 Å². The molecule has 4 heterocycles. The van der Waals surface area contributed by atoms with Gasteiger partial charge in [0.25, 0.3) is 5.91 Å². The van der Waals surface area contributed by atoms with Crippen LogP contribution in [0.15, 0.2) is 29.8 Å². The van der Waals surface area contributed by atoms with E-state index < -0.39 is 0 Å². The van der Waals surface area contributed by atoms with Gasteiger partial charge >= 0.3 is 6.09 Å². The molecule has 0 atom stereocenters. The summed E-state index contributed by atoms with van der Waals surface area (Å²) in [6.45, 7) is 6.54. The summed E-state index contributed by atoms with van der Waals surface area (Å²) in [6.07, 6.45) is 1.40. The highest BCUT2D eigenvalue weighted by Crippen LogP contribution is 2.22. The molecule has 29 heavy (non-hydrogen) atoms. The van der Waals surface area contributed by atoms with Crippen molar-refractivity contribution >= 4 is 34.4 Å². The van der Waals surface area contributed by atoms with Crippen LogP contribution in [0.25, 0.3) is 11.0 Å². The van der Waals surface area contributed by atoms with Gasteiger partial charge in [-0.05, 0) is 31.4 Å². The third kappa shape index (κ3) is 3.95. The number of thiophene rings is 1. The molecule has 1 aliphatic heterocycles. The number of pyridine rings is 1. The monoisotopic (exact) mass is 413 g/mol. The van der Waals surface area contributed by atoms with Crippen molar-refractivity contribution in [3.63, 3.8) is 0 Å². The number of carbonyl (C=O) groups excluding carboxylic acids is 2. The third-order valence-corrected chi connectivity index (χ3v) is 5.81. The fourth-order valence-corrected chi connectivity index (χ4v) is 4.18. The molecule has 0 radical (unpaired) electrons. The zero-order valence-corrected chi connectivity index (χ0v) is 17.3. The number of hydrogen-bond donors (Lipinski definition) is 0. The second-order valence-corrected chi connectivity index (χ2v) is 7.94. The number of hydrogen-bond acceptors (Lipinski definition) is 6. The number of aryl methyl sites for hydroxylation is 1. The van der Waals surface area contributed by atoms with Crippen LogP contribution in [0, 0.1) is 6.92 Å². The number of carbonyl (C=O) groups is 2. The molecule has 4 rings (SSSR count). The van der Waals surface area contributed by atoms with Gasteiger partial charge in [0.05, 0.1) is 30.3 Å². The van der Waals surface area contributed by atoms with E-state index in [1.807, 2.05) is 29.1 Å². The van der Waals surface area contributed by atoms with Crippen LogP contribution in [0.1, 0.15) is 27.9 Å². The van der Waals surface area contributed by atoms with E-state index in [0.717, 1.165) is 11.1 Å². The third-order valence-electron chi connectivity index (χ3n) is 4.95. The number of aromatic nitrogens is 3. The molecule has 9 heteroatoms. The van der Waals surface area contributed by atoms with E-state index in [1.165, 1.54) is 4.88 Å². The van der Waals surface area contributed by atoms with Crippen molar-refractivity contribution in [1.82, 2.24) is 24.6 Å². The van der Waals surface area contributed by atoms with Crippen LogP contribution in [0.5, 0.6) is 0 Å². The molecule has 1 fully saturated rings. The van der Waals surface area contributed by atoms with Crippen molar-refractivity contribution in [1.29, 1.82) is 0 Å². The fraction of sp³-hybridized carbons (Fsp3) is 0.400. The number of fused-ring (bicyclic) bond motifs is 1. The first kappa shape index (κ1) is 19.4. The van der Waals surface area contributed by atoms with Gasteiger partial charge < -0.3 is 14.5 Å². The number of nitrogens with zero attached hydrogens (tertiary/aromatic N) is 5. The maximum absolute atomic E-state index is 13.2. The summed E-state index contributed by atoms with van der Waals surface area (Å²) in [5.74, 6) is -0.0558. The van der Waals surface area contributed by atoms with Gasteiger partial charge in [-0.25, -0.2) is 14.5 Å². The predicted molar refractivity (Wildman–Crippen MR) is 110 cm³/mol. The number of rotatable bonds is 4. The van der Waals surface area contributed by atoms with Crippen LogP contribution in [0.3, 0.4) is 0 Å². The van der Waals surface area contributed by atoms with E-state index in [4.69, 9.17) is 4.74 Å². The maximum Gasteiger partial charge on any atom is 0.409 e. The average molecular weight is 414 g/mol. The van der Waals surface area contributed by atoms with Crippen molar-refractivity contribution in [3.05, 3.63) is 45.9 Å². The van der Waals surface area contributed by atoms with Gasteiger partial charge in [-0.2, -0.15) is 5.10 Å². The molecule has 3 aromatic heterocycles. The normalized spacial score (nSPS) is 14.4. The van der Waals surface area contributed by atoms with Crippen molar-refractivity contribution in [2.45, 2.75) is 20.4 Å². The smallest absolute Gasteiger partial charge is 0.409 e. The lowest BCUT2D eigenvalue weighted by atomic mass is 10.1. The van der Waals surface area contributed by atoms with Crippen molar-refractivity contribution < 1.29 is 14.3 Å². The van der Waals surface area contributed by atoms with Gasteiger partial charge in [0, 0.05) is 36.8 Å². The minimum atomic E-state index is -0.323. The fourth-order valence-electron chi connectivity index (χ4n) is 3.49. The summed E-state index contributed by atoms with van der Waals surface area (Å²) in [4.78, 5) is 34.3. The summed E-state index contributed by atoms with van der Waals surface area (Å²) >= 11 is 1.67. The molecular formula is C20H23N5O3S. The molecule has 0 N–H and O–H groups in total. The zero-order valence-electron chi connectivity index (χ0n) is 16.5. The Morgan fingerprint density at radius 1 is 1.21 bits per heavy atom. The molecule has 8 nitrogen and oxygen atoms in total. The molecule has 3 aromatic rings. The summed E-state index contributed by atoms with van der Waals surface area (Å²) in [5, 5.41) is 7.26. The van der Waals surface area contributed by atoms with E-state index in [9.17, 15) is 9.59 Å². The standard InChI is InChI=1S/C20H23N5O3S/c1-3-28-20(27)24-8-6-23(7-9-24)19(26)16-11-14(2)22-18-17(16)12-21-25(18)13-15-5-4-10-29-15/h4-5,10-12H,3,6-9,13H2,1-2H3. The largest absolute Gasteiger partial charge is 0.450 e. The van der Waals surface area contributed by atoms with Crippen LogP contribution in [-0.2, 0) is 11.3 Å². The Labute approximate surface area is 172 Å². The molecule has 0 aromatic carbocycles. The first-order valence-corrected chi connectivity index (χ1v) is 10.5. The first-order chi connectivity index (χ1) is 14.1. The Morgan fingerprint density at radius 2 is 1.97 bits per heavy atom. The summed E-state index contributed by atoms with van der Waals surface area (Å²) in [6, 6.07) is 5.89. The van der Waals surface area contributed by atoms with E-state index in [2.05, 4.69) is 16.1 Å². The molecule has 1 saturated heterocycles. The van der Waals surface area contributed by atoms with Gasteiger partial charge in [-0.1, -0.05) is 6.07 Å². The molecule has 0 aliphatic carbocycles. The predicted octanol–water partition coefficient (Wildman–Crippen LogP) is 2.76. The Hall–Kier alpha value is -2.94. The molecule has 0 unspecified atom stereocenters. The van der Waals surface area contributed by atoms with E-state index in [0.29, 0.717) is 50.5 Å². The minimum absolute atomic E-state index is 0.0558. The summed E-state index contributed by atoms with van der Waals surface area (Å²) < 4.78 is 6.88. The van der Waals surface area contributed by atoms with Crippen LogP contribution in [0.4, 0.5) is 4.79 Å². The van der Waals surface area contributed by atoms with E-state index >= 15 is 0 Å². The lowest BCUT2D eigenvalue weighted by Crippen LogP contribution is -2.50. The zero-order chi connectivity index (χ0) is 20.4. The van der Waals surface area contributed by atoms with E-state index in [-0.39, 0.29) is 12.0 Å². The highest BCUT2D eigenvalue weighted by molar-refractivity contribution is 7.09. The van der Waals surface area contributed by atoms with E-state index in [1.54, 1.807) is 34.3 Å². The van der Waals surface area contributed by atoms with Crippen LogP contribution >= 0.6 is 11.3 Å². The lowest BCUT2D eigenvalue weighted by Gasteiger charge is -2.34. The minimum Gasteiger partial charge on any atom is -0.450 e. The second-order valence-electron chi connectivity index (χ2n) is 6.91. The molecule has 0 saturated carbocycles. The molecule has 1 aliphatic rings. The van der Waals surface area contributed by atoms with Crippen molar-refractivity contribution in [2.24, 2.45) is 0 Å². The quantitative estimate of drug-likeness (QED) is 0.657. The van der Waals surface area contributed by atoms with Gasteiger partial charge in [-0.15, -0.1) is 11.3 Å². The van der Waals surface area contributed by atoms with Gasteiger partial charge in [-0.3, -0.25) is 4.79 Å². The van der Waals surface area contributed by atoms with Gasteiger partial charge in [0.15, 0.2) is 5.65 Å². The Bertz CT molecular complexity index is 1020. The highest BCUT2D eigenvalue weighted by atomic mass is 32.1. The number of piperazine rings is 1. The van der Waals surface area contributed by atoms with Crippen LogP contribution < -0.4 is 0 Å². The molecule has 152 valence electrons. The average Bonchev–Trinajstić information content (AvgIpc) is 3.38. The lowest BCUT2D eigenvalue weighted by molar-refractivity contribution is 0.0572. The highest BCUT2D eigenvalue weighted by Gasteiger charge is 2.27. The Balaban J connectivity index is 1.55. The molecule has 0 spiro atoms. The SMILES string of the molecule is CCOC(=O)N1CCN(C(=O)c2cc(C)nc3c2cnn3Cc2cccs2)CC1. The van der Waals surface area contributed by atoms with Gasteiger partial charge in [0.2, 0.25) is 0 Å². The van der Waals surface area contributed by atoms with Crippen LogP contribution in [-0.4, -0.2) is 69.4 Å². The molecule has 2 amide bonds. The number of ether oxygens (including phenoxy) is 1. The van der Waals surface area contributed by atoms with Crippen molar-refractivity contribution in [3.8, 4) is 0 Å². The van der Waals surface area contributed by atoms with Crippen molar-refractivity contribution in [2.75, 3.05) is 32.8 Å². The summed E-state index contributed by atoms with van der Waals surface area (Å²) in [5.41, 5.74) is 2.10. The Kier molecular flexibility index (Phi) is 5.48. The van der Waals surface area contributed by atoms with Crippen LogP contribution in [0.2, 0.25) is 0 Å². The second kappa shape index (κ2) is 8.20. The number of amides is 2. The summed E-state index contributed by atoms with van der Waals surface area (Å²) in [7, 11) is 0. The Morgan fingerprint density at radius 3 is 2.66 bits per heavy atom. The maximum atomic E-state index is 13.2. The molecular weight excluding hydrogens is 390 g/mol.